The van der Waals surface area contributed by atoms with Crippen molar-refractivity contribution in [3.63, 3.8) is 0 Å². The number of carbonyl (C=O) groups excluding carboxylic acids is 1. The fourth-order valence-corrected chi connectivity index (χ4v) is 6.24. The van der Waals surface area contributed by atoms with Crippen LogP contribution >= 0.6 is 0 Å². The molecule has 0 bridgehead atoms. The molecule has 2 aliphatic rings. The molecule has 44 heavy (non-hydrogen) atoms. The van der Waals surface area contributed by atoms with Gasteiger partial charge >= 0.3 is 0 Å². The first-order valence-electron chi connectivity index (χ1n) is 15.3. The van der Waals surface area contributed by atoms with Gasteiger partial charge in [0.2, 0.25) is 0 Å². The molecule has 3 heterocycles. The molecule has 0 saturated carbocycles. The molecular formula is C35H40N6O3. The number of nitrogens with zero attached hydrogens (tertiary/aromatic N) is 5. The summed E-state index contributed by atoms with van der Waals surface area (Å²) in [6.07, 6.45) is 6.20. The number of likely N-dealkylation sites (tertiary alicyclic amines) is 1. The second-order valence-corrected chi connectivity index (χ2v) is 12.0. The first kappa shape index (κ1) is 29.6. The van der Waals surface area contributed by atoms with Crippen LogP contribution in [-0.2, 0) is 26.6 Å². The van der Waals surface area contributed by atoms with E-state index in [2.05, 4.69) is 28.4 Å². The molecule has 1 fully saturated rings. The number of benzene rings is 3. The fraction of sp³-hybridized carbons (Fsp3) is 0.343. The van der Waals surface area contributed by atoms with E-state index in [4.69, 9.17) is 4.98 Å². The highest BCUT2D eigenvalue weighted by molar-refractivity contribution is 6.09. The summed E-state index contributed by atoms with van der Waals surface area (Å²) in [6, 6.07) is 19.6. The standard InChI is InChI=1S/C35H40N6O3/c1-38(2)27-14-15-28-25(20-27)16-19-41(34(28)43)32-9-7-8-29(30(32)23-42)31-22-39(3)35(44)33(37-31)36-26-12-10-24(11-13-26)21-40-17-5-4-6-18-40/h7-15,20,22,42H,4-6,16-19,21,23H2,1-3H3,(H,36,37). The summed E-state index contributed by atoms with van der Waals surface area (Å²) in [5, 5.41) is 13.8. The average molecular weight is 593 g/mol. The average Bonchev–Trinajstić information content (AvgIpc) is 3.04. The Hall–Kier alpha value is -4.47. The summed E-state index contributed by atoms with van der Waals surface area (Å²) in [7, 11) is 5.66. The summed E-state index contributed by atoms with van der Waals surface area (Å²) in [4.78, 5) is 37.7. The van der Waals surface area contributed by atoms with Crippen LogP contribution in [0, 0.1) is 0 Å². The second-order valence-electron chi connectivity index (χ2n) is 12.0. The lowest BCUT2D eigenvalue weighted by Gasteiger charge is -2.31. The minimum absolute atomic E-state index is 0.0945. The van der Waals surface area contributed by atoms with Crippen LogP contribution in [0.4, 0.5) is 22.9 Å². The van der Waals surface area contributed by atoms with Crippen LogP contribution in [0.25, 0.3) is 11.3 Å². The van der Waals surface area contributed by atoms with Crippen LogP contribution in [0.3, 0.4) is 0 Å². The van der Waals surface area contributed by atoms with Gasteiger partial charge in [-0.25, -0.2) is 4.98 Å². The highest BCUT2D eigenvalue weighted by Gasteiger charge is 2.28. The number of aryl methyl sites for hydroxylation is 1. The van der Waals surface area contributed by atoms with Crippen molar-refractivity contribution in [3.05, 3.63) is 99.5 Å². The van der Waals surface area contributed by atoms with Gasteiger partial charge in [-0.15, -0.1) is 0 Å². The van der Waals surface area contributed by atoms with Gasteiger partial charge in [-0.1, -0.05) is 30.7 Å². The molecule has 6 rings (SSSR count). The third kappa shape index (κ3) is 5.98. The van der Waals surface area contributed by atoms with E-state index in [1.807, 2.05) is 61.5 Å². The molecule has 0 spiro atoms. The van der Waals surface area contributed by atoms with Crippen molar-refractivity contribution in [2.75, 3.05) is 48.8 Å². The number of amides is 1. The Morgan fingerprint density at radius 3 is 2.43 bits per heavy atom. The van der Waals surface area contributed by atoms with Crippen LogP contribution in [0.15, 0.2) is 71.7 Å². The third-order valence-electron chi connectivity index (χ3n) is 8.70. The molecule has 1 aromatic heterocycles. The number of hydrogen-bond donors (Lipinski definition) is 2. The lowest BCUT2D eigenvalue weighted by Crippen LogP contribution is -2.38. The van der Waals surface area contributed by atoms with Gasteiger partial charge in [0.05, 0.1) is 18.0 Å². The number of piperidine rings is 1. The maximum Gasteiger partial charge on any atom is 0.293 e. The maximum atomic E-state index is 13.7. The normalized spacial score (nSPS) is 15.3. The van der Waals surface area contributed by atoms with Crippen LogP contribution in [-0.4, -0.2) is 59.2 Å². The molecule has 0 aliphatic carbocycles. The van der Waals surface area contributed by atoms with Crippen molar-refractivity contribution in [2.45, 2.75) is 38.8 Å². The molecule has 2 aliphatic heterocycles. The van der Waals surface area contributed by atoms with Gasteiger partial charge < -0.3 is 24.8 Å². The monoisotopic (exact) mass is 592 g/mol. The molecule has 1 amide bonds. The predicted molar refractivity (Wildman–Crippen MR) is 176 cm³/mol. The number of nitrogens with one attached hydrogen (secondary N) is 1. The smallest absolute Gasteiger partial charge is 0.293 e. The Morgan fingerprint density at radius 2 is 1.70 bits per heavy atom. The molecule has 2 N–H and O–H groups in total. The Morgan fingerprint density at radius 1 is 0.932 bits per heavy atom. The van der Waals surface area contributed by atoms with Gasteiger partial charge in [-0.2, -0.15) is 0 Å². The summed E-state index contributed by atoms with van der Waals surface area (Å²) < 4.78 is 1.49. The quantitative estimate of drug-likeness (QED) is 0.300. The van der Waals surface area contributed by atoms with Crippen molar-refractivity contribution < 1.29 is 9.90 Å². The molecule has 9 heteroatoms. The van der Waals surface area contributed by atoms with Crippen LogP contribution < -0.4 is 20.7 Å². The largest absolute Gasteiger partial charge is 0.392 e. The zero-order chi connectivity index (χ0) is 30.8. The predicted octanol–water partition coefficient (Wildman–Crippen LogP) is 4.94. The second kappa shape index (κ2) is 12.6. The molecule has 1 saturated heterocycles. The van der Waals surface area contributed by atoms with Gasteiger partial charge in [0, 0.05) is 68.5 Å². The molecule has 4 aromatic rings. The van der Waals surface area contributed by atoms with Gasteiger partial charge in [0.1, 0.15) is 0 Å². The minimum Gasteiger partial charge on any atom is -0.392 e. The number of hydrogen-bond acceptors (Lipinski definition) is 7. The van der Waals surface area contributed by atoms with E-state index < -0.39 is 0 Å². The Bertz CT molecular complexity index is 1720. The van der Waals surface area contributed by atoms with E-state index in [0.717, 1.165) is 36.6 Å². The first-order valence-corrected chi connectivity index (χ1v) is 15.3. The number of aromatic nitrogens is 2. The fourth-order valence-electron chi connectivity index (χ4n) is 6.24. The first-order chi connectivity index (χ1) is 21.3. The molecule has 0 unspecified atom stereocenters. The van der Waals surface area contributed by atoms with Crippen molar-refractivity contribution in [2.24, 2.45) is 7.05 Å². The summed E-state index contributed by atoms with van der Waals surface area (Å²) in [5.74, 6) is 0.102. The van der Waals surface area contributed by atoms with Crippen LogP contribution in [0.5, 0.6) is 0 Å². The minimum atomic E-state index is -0.284. The van der Waals surface area contributed by atoms with Gasteiger partial charge in [-0.05, 0) is 79.9 Å². The van der Waals surface area contributed by atoms with E-state index in [-0.39, 0.29) is 23.9 Å². The molecular weight excluding hydrogens is 552 g/mol. The highest BCUT2D eigenvalue weighted by Crippen LogP contribution is 2.34. The van der Waals surface area contributed by atoms with Crippen molar-refractivity contribution in [1.29, 1.82) is 0 Å². The maximum absolute atomic E-state index is 13.7. The summed E-state index contributed by atoms with van der Waals surface area (Å²) in [6.45, 7) is 3.42. The number of anilines is 4. The Kier molecular flexibility index (Phi) is 8.50. The highest BCUT2D eigenvalue weighted by atomic mass is 16.3. The topological polar surface area (TPSA) is 93.9 Å². The lowest BCUT2D eigenvalue weighted by molar-refractivity contribution is 0.0980. The molecule has 9 nitrogen and oxygen atoms in total. The zero-order valence-electron chi connectivity index (χ0n) is 25.7. The number of rotatable bonds is 8. The van der Waals surface area contributed by atoms with Crippen molar-refractivity contribution >= 4 is 28.8 Å². The van der Waals surface area contributed by atoms with E-state index in [1.165, 1.54) is 29.4 Å². The Labute approximate surface area is 258 Å². The number of carbonyl (C=O) groups is 1. The van der Waals surface area contributed by atoms with Gasteiger partial charge in [-0.3, -0.25) is 14.5 Å². The number of aliphatic hydroxyl groups is 1. The SMILES string of the molecule is CN(C)c1ccc2c(c1)CCN(c1cccc(-c3cn(C)c(=O)c(Nc4ccc(CN5CCCCC5)cc4)n3)c1CO)C2=O. The number of aliphatic hydroxyl groups excluding tert-OH is 1. The Balaban J connectivity index is 1.27. The van der Waals surface area contributed by atoms with Crippen LogP contribution in [0.1, 0.15) is 46.3 Å². The molecule has 0 atom stereocenters. The van der Waals surface area contributed by atoms with E-state index in [0.29, 0.717) is 41.0 Å². The van der Waals surface area contributed by atoms with E-state index in [1.54, 1.807) is 18.1 Å². The van der Waals surface area contributed by atoms with Crippen molar-refractivity contribution in [1.82, 2.24) is 14.5 Å². The third-order valence-corrected chi connectivity index (χ3v) is 8.70. The molecule has 3 aromatic carbocycles. The van der Waals surface area contributed by atoms with Crippen molar-refractivity contribution in [3.8, 4) is 11.3 Å². The number of fused-ring (bicyclic) bond motifs is 1. The van der Waals surface area contributed by atoms with Crippen LogP contribution in [0.2, 0.25) is 0 Å². The van der Waals surface area contributed by atoms with E-state index >= 15 is 0 Å². The zero-order valence-corrected chi connectivity index (χ0v) is 25.7. The summed E-state index contributed by atoms with van der Waals surface area (Å²) in [5.41, 5.74) is 6.95. The molecule has 0 radical (unpaired) electrons. The van der Waals surface area contributed by atoms with Gasteiger partial charge in [0.25, 0.3) is 11.5 Å². The van der Waals surface area contributed by atoms with E-state index in [9.17, 15) is 14.7 Å². The molecule has 228 valence electrons. The lowest BCUT2D eigenvalue weighted by atomic mass is 9.95. The summed E-state index contributed by atoms with van der Waals surface area (Å²) >= 11 is 0. The van der Waals surface area contributed by atoms with Gasteiger partial charge in [0.15, 0.2) is 5.82 Å².